The van der Waals surface area contributed by atoms with Gasteiger partial charge < -0.3 is 15.5 Å². The monoisotopic (exact) mass is 441 g/mol. The van der Waals surface area contributed by atoms with Gasteiger partial charge in [0.2, 0.25) is 11.8 Å². The lowest BCUT2D eigenvalue weighted by Crippen LogP contribution is -2.43. The van der Waals surface area contributed by atoms with Crippen LogP contribution >= 0.6 is 0 Å². The maximum absolute atomic E-state index is 14.5. The number of rotatable bonds is 8. The first-order chi connectivity index (χ1) is 15.5. The molecule has 2 bridgehead atoms. The van der Waals surface area contributed by atoms with E-state index < -0.39 is 0 Å². The highest BCUT2D eigenvalue weighted by atomic mass is 19.1. The average molecular weight is 442 g/mol. The summed E-state index contributed by atoms with van der Waals surface area (Å²) in [6, 6.07) is 5.25. The molecule has 2 N–H and O–H groups in total. The molecular weight excluding hydrogens is 409 g/mol. The molecule has 0 spiro atoms. The number of guanidine groups is 1. The van der Waals surface area contributed by atoms with Crippen molar-refractivity contribution in [2.24, 2.45) is 28.7 Å². The number of carbonyl (C=O) groups is 2. The van der Waals surface area contributed by atoms with E-state index in [1.54, 1.807) is 13.1 Å². The minimum absolute atomic E-state index is 0.0367. The Morgan fingerprint density at radius 2 is 1.78 bits per heavy atom. The van der Waals surface area contributed by atoms with Crippen molar-refractivity contribution in [3.8, 4) is 0 Å². The van der Waals surface area contributed by atoms with Gasteiger partial charge in [0.1, 0.15) is 5.82 Å². The molecule has 7 nitrogen and oxygen atoms in total. The minimum Gasteiger partial charge on any atom is -0.370 e. The standard InChI is InChI=1S/C24H32FN5O2/c1-4-29(5-2)19-9-6-15(12-18(19)25)14-28-24(26-3)27-10-11-30-22(31)20-16-7-8-17(13-16)21(20)23(30)32/h6-9,12,16-17,20-21H,4-5,10-11,13-14H2,1-3H3,(H2,26,27,28). The van der Waals surface area contributed by atoms with Gasteiger partial charge in [0, 0.05) is 39.8 Å². The summed E-state index contributed by atoms with van der Waals surface area (Å²) in [7, 11) is 1.65. The van der Waals surface area contributed by atoms with Crippen LogP contribution in [0.5, 0.6) is 0 Å². The van der Waals surface area contributed by atoms with E-state index in [0.29, 0.717) is 31.3 Å². The molecule has 4 atom stereocenters. The molecule has 0 radical (unpaired) electrons. The van der Waals surface area contributed by atoms with E-state index in [9.17, 15) is 14.0 Å². The second-order valence-corrected chi connectivity index (χ2v) is 8.64. The molecule has 0 aromatic heterocycles. The van der Waals surface area contributed by atoms with Gasteiger partial charge in [0.25, 0.3) is 0 Å². The number of nitrogens with zero attached hydrogens (tertiary/aromatic N) is 3. The van der Waals surface area contributed by atoms with Crippen LogP contribution in [-0.4, -0.2) is 55.9 Å². The number of nitrogens with one attached hydrogen (secondary N) is 2. The second kappa shape index (κ2) is 9.30. The van der Waals surface area contributed by atoms with E-state index in [4.69, 9.17) is 0 Å². The fraction of sp³-hybridized carbons (Fsp3) is 0.542. The van der Waals surface area contributed by atoms with Crippen molar-refractivity contribution in [3.05, 3.63) is 41.7 Å². The third kappa shape index (κ3) is 3.98. The molecule has 1 aromatic carbocycles. The smallest absolute Gasteiger partial charge is 0.233 e. The molecule has 4 rings (SSSR count). The highest BCUT2D eigenvalue weighted by Crippen LogP contribution is 2.52. The SMILES string of the molecule is CCN(CC)c1ccc(CNC(=NC)NCCN2C(=O)C3C4C=CC(C4)C3C2=O)cc1F. The molecular formula is C24H32FN5O2. The Kier molecular flexibility index (Phi) is 6.48. The molecule has 1 heterocycles. The maximum atomic E-state index is 14.5. The zero-order valence-electron chi connectivity index (χ0n) is 19.0. The largest absolute Gasteiger partial charge is 0.370 e. The van der Waals surface area contributed by atoms with E-state index in [2.05, 4.69) is 27.8 Å². The lowest BCUT2D eigenvalue weighted by Gasteiger charge is -2.22. The summed E-state index contributed by atoms with van der Waals surface area (Å²) < 4.78 is 14.5. The third-order valence-electron chi connectivity index (χ3n) is 6.99. The van der Waals surface area contributed by atoms with Gasteiger partial charge in [-0.1, -0.05) is 18.2 Å². The molecule has 1 aliphatic heterocycles. The van der Waals surface area contributed by atoms with Gasteiger partial charge in [0.05, 0.1) is 17.5 Å². The third-order valence-corrected chi connectivity index (χ3v) is 6.99. The zero-order valence-corrected chi connectivity index (χ0v) is 19.0. The first kappa shape index (κ1) is 22.3. The fourth-order valence-corrected chi connectivity index (χ4v) is 5.36. The summed E-state index contributed by atoms with van der Waals surface area (Å²) in [5.74, 6) is 0.351. The molecule has 32 heavy (non-hydrogen) atoms. The molecule has 2 aliphatic carbocycles. The van der Waals surface area contributed by atoms with Gasteiger partial charge in [-0.2, -0.15) is 0 Å². The number of carbonyl (C=O) groups excluding carboxylic acids is 2. The molecule has 1 saturated carbocycles. The number of likely N-dealkylation sites (tertiary alicyclic amines) is 1. The number of hydrogen-bond donors (Lipinski definition) is 2. The summed E-state index contributed by atoms with van der Waals surface area (Å²) >= 11 is 0. The first-order valence-corrected chi connectivity index (χ1v) is 11.5. The zero-order chi connectivity index (χ0) is 22.8. The molecule has 4 unspecified atom stereocenters. The summed E-state index contributed by atoms with van der Waals surface area (Å²) in [6.45, 7) is 6.66. The first-order valence-electron chi connectivity index (χ1n) is 11.5. The molecule has 3 aliphatic rings. The van der Waals surface area contributed by atoms with Gasteiger partial charge in [-0.3, -0.25) is 19.5 Å². The minimum atomic E-state index is -0.240. The Morgan fingerprint density at radius 1 is 1.12 bits per heavy atom. The van der Waals surface area contributed by atoms with Crippen molar-refractivity contribution < 1.29 is 14.0 Å². The van der Waals surface area contributed by atoms with E-state index in [-0.39, 0.29) is 41.3 Å². The molecule has 2 amide bonds. The predicted octanol–water partition coefficient (Wildman–Crippen LogP) is 2.14. The van der Waals surface area contributed by atoms with E-state index in [1.165, 1.54) is 11.0 Å². The Morgan fingerprint density at radius 3 is 2.34 bits per heavy atom. The molecule has 172 valence electrons. The van der Waals surface area contributed by atoms with Crippen LogP contribution in [0.4, 0.5) is 10.1 Å². The number of benzene rings is 1. The van der Waals surface area contributed by atoms with Crippen molar-refractivity contribution in [2.45, 2.75) is 26.8 Å². The van der Waals surface area contributed by atoms with Crippen molar-refractivity contribution in [1.29, 1.82) is 0 Å². The summed E-state index contributed by atoms with van der Waals surface area (Å²) in [4.78, 5) is 33.1. The number of anilines is 1. The predicted molar refractivity (Wildman–Crippen MR) is 123 cm³/mol. The number of allylic oxidation sites excluding steroid dienone is 2. The van der Waals surface area contributed by atoms with Crippen LogP contribution in [0.25, 0.3) is 0 Å². The lowest BCUT2D eigenvalue weighted by molar-refractivity contribution is -0.140. The van der Waals surface area contributed by atoms with Crippen LogP contribution in [0.1, 0.15) is 25.8 Å². The van der Waals surface area contributed by atoms with Crippen LogP contribution < -0.4 is 15.5 Å². The quantitative estimate of drug-likeness (QED) is 0.280. The van der Waals surface area contributed by atoms with Crippen LogP contribution in [0.2, 0.25) is 0 Å². The van der Waals surface area contributed by atoms with Gasteiger partial charge in [-0.25, -0.2) is 4.39 Å². The van der Waals surface area contributed by atoms with Crippen LogP contribution in [-0.2, 0) is 16.1 Å². The normalized spacial score (nSPS) is 26.1. The highest BCUT2D eigenvalue weighted by molar-refractivity contribution is 6.06. The van der Waals surface area contributed by atoms with Gasteiger partial charge in [0.15, 0.2) is 5.96 Å². The topological polar surface area (TPSA) is 77.0 Å². The van der Waals surface area contributed by atoms with E-state index in [1.807, 2.05) is 24.8 Å². The average Bonchev–Trinajstić information content (AvgIpc) is 3.47. The van der Waals surface area contributed by atoms with E-state index >= 15 is 0 Å². The van der Waals surface area contributed by atoms with Crippen molar-refractivity contribution in [1.82, 2.24) is 15.5 Å². The summed E-state index contributed by atoms with van der Waals surface area (Å²) in [5.41, 5.74) is 1.41. The van der Waals surface area contributed by atoms with Crippen LogP contribution in [0.15, 0.2) is 35.3 Å². The number of imide groups is 1. The number of hydrogen-bond acceptors (Lipinski definition) is 4. The number of fused-ring (bicyclic) bond motifs is 5. The van der Waals surface area contributed by atoms with Crippen molar-refractivity contribution in [3.63, 3.8) is 0 Å². The summed E-state index contributed by atoms with van der Waals surface area (Å²) in [6.07, 6.45) is 5.13. The Labute approximate surface area is 188 Å². The Hall–Kier alpha value is -2.90. The highest BCUT2D eigenvalue weighted by Gasteiger charge is 2.58. The van der Waals surface area contributed by atoms with Gasteiger partial charge in [-0.05, 0) is 49.8 Å². The maximum Gasteiger partial charge on any atom is 0.233 e. The molecule has 8 heteroatoms. The van der Waals surface area contributed by atoms with E-state index in [0.717, 1.165) is 25.1 Å². The molecule has 2 fully saturated rings. The van der Waals surface area contributed by atoms with Crippen LogP contribution in [0.3, 0.4) is 0 Å². The number of halogens is 1. The number of amides is 2. The lowest BCUT2D eigenvalue weighted by atomic mass is 9.85. The van der Waals surface area contributed by atoms with Crippen molar-refractivity contribution in [2.75, 3.05) is 38.1 Å². The summed E-state index contributed by atoms with van der Waals surface area (Å²) in [5, 5.41) is 6.31. The van der Waals surface area contributed by atoms with Gasteiger partial charge >= 0.3 is 0 Å². The Balaban J connectivity index is 1.27. The van der Waals surface area contributed by atoms with Gasteiger partial charge in [-0.15, -0.1) is 0 Å². The fourth-order valence-electron chi connectivity index (χ4n) is 5.36. The van der Waals surface area contributed by atoms with Crippen molar-refractivity contribution >= 4 is 23.5 Å². The molecule has 1 aromatic rings. The Bertz CT molecular complexity index is 912. The molecule has 1 saturated heterocycles. The second-order valence-electron chi connectivity index (χ2n) is 8.64. The van der Waals surface area contributed by atoms with Crippen LogP contribution in [0, 0.1) is 29.5 Å². The number of aliphatic imine (C=N–C) groups is 1.